The van der Waals surface area contributed by atoms with Crippen LogP contribution in [-0.2, 0) is 38.0 Å². The highest BCUT2D eigenvalue weighted by molar-refractivity contribution is 6.67. The number of carbonyl (C=O) groups excluding carboxylic acids is 3. The van der Waals surface area contributed by atoms with E-state index in [2.05, 4.69) is 19.2 Å². The Labute approximate surface area is 314 Å². The number of alkyl carbamates (subject to hydrolysis) is 1. The van der Waals surface area contributed by atoms with Crippen LogP contribution in [-0.4, -0.2) is 82.7 Å². The molecule has 292 valence electrons. The fourth-order valence-corrected chi connectivity index (χ4v) is 6.37. The monoisotopic (exact) mass is 773 g/mol. The number of esters is 2. The molecule has 2 fully saturated rings. The Morgan fingerprint density at radius 2 is 1.42 bits per heavy atom. The van der Waals surface area contributed by atoms with Gasteiger partial charge in [-0.05, 0) is 33.1 Å². The van der Waals surface area contributed by atoms with Gasteiger partial charge in [-0.1, -0.05) is 139 Å². The Morgan fingerprint density at radius 1 is 0.860 bits per heavy atom. The summed E-state index contributed by atoms with van der Waals surface area (Å²) >= 11 is 17.1. The molecule has 2 N–H and O–H groups in total. The average molecular weight is 775 g/mol. The number of unbranched alkanes of at least 4 members (excludes halogenated alkanes) is 14. The first-order valence-electron chi connectivity index (χ1n) is 18.8. The summed E-state index contributed by atoms with van der Waals surface area (Å²) in [5, 5.41) is 13.3. The lowest BCUT2D eigenvalue weighted by atomic mass is 9.95. The number of halogens is 3. The van der Waals surface area contributed by atoms with E-state index in [1.165, 1.54) is 51.4 Å². The van der Waals surface area contributed by atoms with Gasteiger partial charge in [0.2, 0.25) is 3.79 Å². The van der Waals surface area contributed by atoms with Crippen molar-refractivity contribution in [3.05, 3.63) is 0 Å². The molecule has 2 rings (SSSR count). The van der Waals surface area contributed by atoms with Crippen molar-refractivity contribution in [3.63, 3.8) is 0 Å². The van der Waals surface area contributed by atoms with Gasteiger partial charge in [0.15, 0.2) is 18.2 Å². The van der Waals surface area contributed by atoms with Crippen LogP contribution in [0.3, 0.4) is 0 Å². The summed E-state index contributed by atoms with van der Waals surface area (Å²) in [4.78, 5) is 39.1. The molecule has 0 aliphatic carbocycles. The molecule has 2 aliphatic rings. The summed E-state index contributed by atoms with van der Waals surface area (Å²) < 4.78 is 32.3. The van der Waals surface area contributed by atoms with Gasteiger partial charge in [-0.25, -0.2) is 4.79 Å². The lowest BCUT2D eigenvalue weighted by molar-refractivity contribution is -0.365. The van der Waals surface area contributed by atoms with E-state index in [1.54, 1.807) is 13.8 Å². The molecule has 2 saturated heterocycles. The highest BCUT2D eigenvalue weighted by Crippen LogP contribution is 2.34. The third-order valence-electron chi connectivity index (χ3n) is 8.91. The van der Waals surface area contributed by atoms with Gasteiger partial charge in [-0.2, -0.15) is 0 Å². The highest BCUT2D eigenvalue weighted by Gasteiger charge is 2.53. The van der Waals surface area contributed by atoms with E-state index in [0.29, 0.717) is 6.42 Å². The van der Waals surface area contributed by atoms with Crippen LogP contribution in [0.15, 0.2) is 0 Å². The number of nitrogens with one attached hydrogen (secondary N) is 1. The molecule has 14 heteroatoms. The normalized spacial score (nSPS) is 23.8. The van der Waals surface area contributed by atoms with Crippen molar-refractivity contribution < 1.29 is 47.9 Å². The average Bonchev–Trinajstić information content (AvgIpc) is 3.04. The number of amides is 1. The first-order chi connectivity index (χ1) is 23.7. The predicted octanol–water partition coefficient (Wildman–Crippen LogP) is 8.60. The molecule has 0 saturated carbocycles. The number of alkyl halides is 3. The summed E-state index contributed by atoms with van der Waals surface area (Å²) in [6.07, 6.45) is 12.1. The fraction of sp³-hybridized carbons (Fsp3) is 0.917. The number of aliphatic hydroxyl groups is 1. The lowest BCUT2D eigenvalue weighted by Crippen LogP contribution is -2.69. The zero-order chi connectivity index (χ0) is 37.0. The van der Waals surface area contributed by atoms with E-state index < -0.39 is 65.0 Å². The second-order valence-electron chi connectivity index (χ2n) is 14.0. The second-order valence-corrected chi connectivity index (χ2v) is 16.5. The molecule has 0 bridgehead atoms. The molecule has 0 radical (unpaired) electrons. The number of hydrogen-bond donors (Lipinski definition) is 2. The van der Waals surface area contributed by atoms with Gasteiger partial charge in [0.25, 0.3) is 0 Å². The van der Waals surface area contributed by atoms with Crippen LogP contribution in [0, 0.1) is 0 Å². The lowest BCUT2D eigenvalue weighted by Gasteiger charge is -2.49. The maximum absolute atomic E-state index is 13.6. The van der Waals surface area contributed by atoms with E-state index in [0.717, 1.165) is 51.4 Å². The molecule has 0 spiro atoms. The number of fused-ring (bicyclic) bond motifs is 1. The SMILES string of the molecule is CCCCCCCCCCC[C@H](CC(=O)O[C@H]1[C@@H]2OC(C)(C)OC[C@H]2OC(O)[C@@H]1NC(=O)OCC(Cl)(Cl)Cl)OC(=O)CCCCCCCCC. The molecule has 2 heterocycles. The molecule has 1 unspecified atom stereocenters. The third kappa shape index (κ3) is 19.1. The van der Waals surface area contributed by atoms with Crippen molar-refractivity contribution in [1.29, 1.82) is 0 Å². The van der Waals surface area contributed by atoms with Gasteiger partial charge in [0.1, 0.15) is 31.0 Å². The van der Waals surface area contributed by atoms with Crippen LogP contribution in [0.2, 0.25) is 0 Å². The molecule has 50 heavy (non-hydrogen) atoms. The standard InChI is InChI=1S/C36H62Cl3NO10/c1-5-7-9-11-13-14-16-17-19-21-26(47-28(41)22-20-18-15-12-10-8-6-2)23-29(42)49-32-30(40-34(44)45-25-36(37,38)39)33(43)48-27-24-46-35(3,4)50-31(27)32/h26-27,30-33,43H,5-25H2,1-4H3,(H,40,44)/t26-,27-,30-,31-,32-,33?/m1/s1. The molecule has 6 atom stereocenters. The predicted molar refractivity (Wildman–Crippen MR) is 193 cm³/mol. The van der Waals surface area contributed by atoms with Crippen LogP contribution in [0.25, 0.3) is 0 Å². The fourth-order valence-electron chi connectivity index (χ4n) is 6.20. The van der Waals surface area contributed by atoms with Crippen molar-refractivity contribution in [1.82, 2.24) is 5.32 Å². The molecule has 2 aliphatic heterocycles. The molecular formula is C36H62Cl3NO10. The zero-order valence-electron chi connectivity index (χ0n) is 30.6. The number of hydrogen-bond acceptors (Lipinski definition) is 10. The number of aliphatic hydroxyl groups excluding tert-OH is 1. The van der Waals surface area contributed by atoms with E-state index in [-0.39, 0.29) is 25.4 Å². The Balaban J connectivity index is 2.07. The first-order valence-corrected chi connectivity index (χ1v) is 19.9. The van der Waals surface area contributed by atoms with Gasteiger partial charge in [-0.15, -0.1) is 0 Å². The summed E-state index contributed by atoms with van der Waals surface area (Å²) in [5.74, 6) is -2.08. The van der Waals surface area contributed by atoms with Gasteiger partial charge in [0, 0.05) is 6.42 Å². The van der Waals surface area contributed by atoms with Crippen molar-refractivity contribution in [3.8, 4) is 0 Å². The van der Waals surface area contributed by atoms with Crippen LogP contribution < -0.4 is 5.32 Å². The quantitative estimate of drug-likeness (QED) is 0.0424. The van der Waals surface area contributed by atoms with E-state index in [1.807, 2.05) is 0 Å². The summed E-state index contributed by atoms with van der Waals surface area (Å²) in [6.45, 7) is 7.25. The van der Waals surface area contributed by atoms with Crippen molar-refractivity contribution in [2.24, 2.45) is 0 Å². The van der Waals surface area contributed by atoms with Crippen LogP contribution >= 0.6 is 34.8 Å². The van der Waals surface area contributed by atoms with E-state index >= 15 is 0 Å². The van der Waals surface area contributed by atoms with Gasteiger partial charge in [0.05, 0.1) is 13.0 Å². The zero-order valence-corrected chi connectivity index (χ0v) is 32.8. The first kappa shape index (κ1) is 45.1. The summed E-state index contributed by atoms with van der Waals surface area (Å²) in [5.41, 5.74) is 0. The van der Waals surface area contributed by atoms with Gasteiger partial charge < -0.3 is 38.8 Å². The molecule has 11 nitrogen and oxygen atoms in total. The maximum Gasteiger partial charge on any atom is 0.407 e. The number of ether oxygens (including phenoxy) is 6. The summed E-state index contributed by atoms with van der Waals surface area (Å²) in [7, 11) is 0. The molecule has 1 amide bonds. The van der Waals surface area contributed by atoms with Crippen LogP contribution in [0.4, 0.5) is 4.79 Å². The Hall–Kier alpha value is -1.08. The van der Waals surface area contributed by atoms with Crippen molar-refractivity contribution in [2.75, 3.05) is 13.2 Å². The number of carbonyl (C=O) groups is 3. The molecular weight excluding hydrogens is 713 g/mol. The smallest absolute Gasteiger partial charge is 0.407 e. The van der Waals surface area contributed by atoms with Crippen molar-refractivity contribution in [2.45, 2.75) is 196 Å². The molecule has 0 aromatic heterocycles. The highest BCUT2D eigenvalue weighted by atomic mass is 35.6. The summed E-state index contributed by atoms with van der Waals surface area (Å²) in [6, 6.07) is -1.30. The van der Waals surface area contributed by atoms with Gasteiger partial charge in [-0.3, -0.25) is 9.59 Å². The Kier molecular flexibility index (Phi) is 21.9. The Morgan fingerprint density at radius 3 is 2.00 bits per heavy atom. The molecule has 0 aromatic rings. The maximum atomic E-state index is 13.6. The van der Waals surface area contributed by atoms with Gasteiger partial charge >= 0.3 is 18.0 Å². The van der Waals surface area contributed by atoms with E-state index in [4.69, 9.17) is 63.2 Å². The third-order valence-corrected chi connectivity index (χ3v) is 9.23. The molecule has 0 aromatic carbocycles. The minimum absolute atomic E-state index is 0.0463. The van der Waals surface area contributed by atoms with Crippen molar-refractivity contribution >= 4 is 52.8 Å². The topological polar surface area (TPSA) is 139 Å². The van der Waals surface area contributed by atoms with E-state index in [9.17, 15) is 19.5 Å². The van der Waals surface area contributed by atoms with Crippen LogP contribution in [0.1, 0.15) is 150 Å². The second kappa shape index (κ2) is 24.3. The number of rotatable bonds is 24. The van der Waals surface area contributed by atoms with Crippen LogP contribution in [0.5, 0.6) is 0 Å². The minimum Gasteiger partial charge on any atom is -0.462 e. The Bertz CT molecular complexity index is 982. The largest absolute Gasteiger partial charge is 0.462 e. The minimum atomic E-state index is -1.86.